The maximum atomic E-state index is 11.7. The molecule has 2 rings (SSSR count). The van der Waals surface area contributed by atoms with Gasteiger partial charge in [-0.1, -0.05) is 19.3 Å². The van der Waals surface area contributed by atoms with E-state index in [9.17, 15) is 9.59 Å². The predicted molar refractivity (Wildman–Crippen MR) is 77.2 cm³/mol. The zero-order chi connectivity index (χ0) is 15.2. The molecule has 0 aromatic carbocycles. The second-order valence-corrected chi connectivity index (χ2v) is 5.56. The molecule has 0 saturated heterocycles. The van der Waals surface area contributed by atoms with Crippen LogP contribution in [-0.4, -0.2) is 23.7 Å². The quantitative estimate of drug-likeness (QED) is 0.778. The van der Waals surface area contributed by atoms with Crippen LogP contribution in [0.2, 0.25) is 0 Å². The lowest BCUT2D eigenvalue weighted by Gasteiger charge is -2.21. The number of hydrogen-bond donors (Lipinski definition) is 3. The number of carbonyl (C=O) groups excluding carboxylic acids is 1. The van der Waals surface area contributed by atoms with Crippen molar-refractivity contribution in [2.75, 3.05) is 6.54 Å². The fourth-order valence-corrected chi connectivity index (χ4v) is 2.70. The third-order valence-electron chi connectivity index (χ3n) is 3.90. The van der Waals surface area contributed by atoms with Crippen molar-refractivity contribution in [2.45, 2.75) is 45.6 Å². The van der Waals surface area contributed by atoms with Gasteiger partial charge < -0.3 is 20.2 Å². The summed E-state index contributed by atoms with van der Waals surface area (Å²) >= 11 is 0. The molecule has 0 spiro atoms. The van der Waals surface area contributed by atoms with E-state index in [-0.39, 0.29) is 18.1 Å². The second kappa shape index (κ2) is 7.15. The van der Waals surface area contributed by atoms with Crippen LogP contribution in [0.4, 0.5) is 4.79 Å². The van der Waals surface area contributed by atoms with E-state index in [0.29, 0.717) is 24.0 Å². The Kier molecular flexibility index (Phi) is 5.25. The molecule has 0 atom stereocenters. The maximum Gasteiger partial charge on any atom is 0.339 e. The number of hydrogen-bond acceptors (Lipinski definition) is 3. The first-order valence-corrected chi connectivity index (χ1v) is 7.40. The number of furan rings is 1. The normalized spacial score (nSPS) is 15.7. The van der Waals surface area contributed by atoms with Gasteiger partial charge in [-0.15, -0.1) is 0 Å². The van der Waals surface area contributed by atoms with Crippen molar-refractivity contribution in [3.8, 4) is 0 Å². The number of amides is 2. The molecule has 6 nitrogen and oxygen atoms in total. The van der Waals surface area contributed by atoms with Crippen LogP contribution in [0.1, 0.15) is 54.0 Å². The van der Waals surface area contributed by atoms with Gasteiger partial charge in [0.15, 0.2) is 0 Å². The summed E-state index contributed by atoms with van der Waals surface area (Å²) in [4.78, 5) is 22.6. The number of carbonyl (C=O) groups is 2. The van der Waals surface area contributed by atoms with E-state index in [4.69, 9.17) is 9.52 Å². The standard InChI is InChI=1S/C15H22N2O4/c1-10-13(14(18)19)7-12(21-10)9-17-15(20)16-8-11-5-3-2-4-6-11/h7,11H,2-6,8-9H2,1H3,(H,18,19)(H2,16,17,20). The van der Waals surface area contributed by atoms with Gasteiger partial charge in [-0.3, -0.25) is 0 Å². The highest BCUT2D eigenvalue weighted by molar-refractivity contribution is 5.88. The Morgan fingerprint density at radius 1 is 1.29 bits per heavy atom. The average Bonchev–Trinajstić information content (AvgIpc) is 2.85. The summed E-state index contributed by atoms with van der Waals surface area (Å²) in [7, 11) is 0. The fourth-order valence-electron chi connectivity index (χ4n) is 2.70. The summed E-state index contributed by atoms with van der Waals surface area (Å²) in [6.07, 6.45) is 6.15. The largest absolute Gasteiger partial charge is 0.478 e. The van der Waals surface area contributed by atoms with Crippen molar-refractivity contribution >= 4 is 12.0 Å². The first-order chi connectivity index (χ1) is 10.1. The van der Waals surface area contributed by atoms with E-state index in [1.165, 1.54) is 38.2 Å². The van der Waals surface area contributed by atoms with E-state index >= 15 is 0 Å². The van der Waals surface area contributed by atoms with Crippen molar-refractivity contribution in [3.63, 3.8) is 0 Å². The maximum absolute atomic E-state index is 11.7. The van der Waals surface area contributed by atoms with Crippen molar-refractivity contribution in [1.82, 2.24) is 10.6 Å². The summed E-state index contributed by atoms with van der Waals surface area (Å²) in [5.41, 5.74) is 0.134. The van der Waals surface area contributed by atoms with E-state index in [1.54, 1.807) is 6.92 Å². The van der Waals surface area contributed by atoms with Gasteiger partial charge >= 0.3 is 12.0 Å². The molecule has 1 fully saturated rings. The first-order valence-electron chi connectivity index (χ1n) is 7.40. The van der Waals surface area contributed by atoms with Gasteiger partial charge in [0.05, 0.1) is 6.54 Å². The van der Waals surface area contributed by atoms with Gasteiger partial charge in [0, 0.05) is 6.54 Å². The van der Waals surface area contributed by atoms with Gasteiger partial charge in [-0.25, -0.2) is 9.59 Å². The number of aromatic carboxylic acids is 1. The topological polar surface area (TPSA) is 91.6 Å². The lowest BCUT2D eigenvalue weighted by Crippen LogP contribution is -2.38. The molecule has 1 aliphatic carbocycles. The zero-order valence-electron chi connectivity index (χ0n) is 12.3. The molecule has 0 aliphatic heterocycles. The Hall–Kier alpha value is -1.98. The average molecular weight is 294 g/mol. The zero-order valence-corrected chi connectivity index (χ0v) is 12.3. The van der Waals surface area contributed by atoms with Crippen LogP contribution in [0.25, 0.3) is 0 Å². The summed E-state index contributed by atoms with van der Waals surface area (Å²) < 4.78 is 5.30. The number of rotatable bonds is 5. The number of urea groups is 1. The molecule has 0 radical (unpaired) electrons. The molecule has 0 unspecified atom stereocenters. The Labute approximate surface area is 123 Å². The van der Waals surface area contributed by atoms with E-state index in [1.807, 2.05) is 0 Å². The molecule has 1 saturated carbocycles. The molecular weight excluding hydrogens is 272 g/mol. The highest BCUT2D eigenvalue weighted by Gasteiger charge is 2.16. The second-order valence-electron chi connectivity index (χ2n) is 5.56. The summed E-state index contributed by atoms with van der Waals surface area (Å²) in [6, 6.07) is 1.20. The molecule has 1 aliphatic rings. The molecular formula is C15H22N2O4. The van der Waals surface area contributed by atoms with E-state index in [0.717, 1.165) is 0 Å². The molecule has 21 heavy (non-hydrogen) atoms. The van der Waals surface area contributed by atoms with Crippen molar-refractivity contribution < 1.29 is 19.1 Å². The summed E-state index contributed by atoms with van der Waals surface area (Å²) in [5, 5.41) is 14.5. The minimum atomic E-state index is -1.02. The van der Waals surface area contributed by atoms with Crippen LogP contribution in [-0.2, 0) is 6.54 Å². The first kappa shape index (κ1) is 15.4. The predicted octanol–water partition coefficient (Wildman–Crippen LogP) is 2.67. The third-order valence-corrected chi connectivity index (χ3v) is 3.90. The van der Waals surface area contributed by atoms with Gasteiger partial charge in [-0.05, 0) is 31.7 Å². The van der Waals surface area contributed by atoms with E-state index < -0.39 is 5.97 Å². The minimum Gasteiger partial charge on any atom is -0.478 e. The molecule has 2 amide bonds. The van der Waals surface area contributed by atoms with Gasteiger partial charge in [-0.2, -0.15) is 0 Å². The Balaban J connectivity index is 1.73. The highest BCUT2D eigenvalue weighted by Crippen LogP contribution is 2.22. The SMILES string of the molecule is Cc1oc(CNC(=O)NCC2CCCCC2)cc1C(=O)O. The number of nitrogens with one attached hydrogen (secondary N) is 2. The molecule has 3 N–H and O–H groups in total. The van der Waals surface area contributed by atoms with Gasteiger partial charge in [0.2, 0.25) is 0 Å². The molecule has 0 bridgehead atoms. The molecule has 6 heteroatoms. The monoisotopic (exact) mass is 294 g/mol. The Bertz CT molecular complexity index is 504. The van der Waals surface area contributed by atoms with Gasteiger partial charge in [0.25, 0.3) is 0 Å². The van der Waals surface area contributed by atoms with E-state index in [2.05, 4.69) is 10.6 Å². The van der Waals surface area contributed by atoms with Crippen LogP contribution in [0, 0.1) is 12.8 Å². The molecule has 1 aromatic rings. The molecule has 1 heterocycles. The highest BCUT2D eigenvalue weighted by atomic mass is 16.4. The van der Waals surface area contributed by atoms with Gasteiger partial charge in [0.1, 0.15) is 17.1 Å². The lowest BCUT2D eigenvalue weighted by atomic mass is 9.89. The van der Waals surface area contributed by atoms with Crippen molar-refractivity contribution in [1.29, 1.82) is 0 Å². The Morgan fingerprint density at radius 3 is 2.62 bits per heavy atom. The number of carboxylic acids is 1. The molecule has 1 aromatic heterocycles. The Morgan fingerprint density at radius 2 is 2.00 bits per heavy atom. The van der Waals surface area contributed by atoms with Crippen LogP contribution in [0.15, 0.2) is 10.5 Å². The van der Waals surface area contributed by atoms with Crippen molar-refractivity contribution in [3.05, 3.63) is 23.2 Å². The molecule has 116 valence electrons. The fraction of sp³-hybridized carbons (Fsp3) is 0.600. The van der Waals surface area contributed by atoms with Crippen LogP contribution in [0.5, 0.6) is 0 Å². The summed E-state index contributed by atoms with van der Waals surface area (Å²) in [6.45, 7) is 2.48. The van der Waals surface area contributed by atoms with Crippen LogP contribution >= 0.6 is 0 Å². The van der Waals surface area contributed by atoms with Crippen LogP contribution < -0.4 is 10.6 Å². The van der Waals surface area contributed by atoms with Crippen LogP contribution in [0.3, 0.4) is 0 Å². The smallest absolute Gasteiger partial charge is 0.339 e. The minimum absolute atomic E-state index is 0.134. The number of carboxylic acid groups (broad SMARTS) is 1. The number of aryl methyl sites for hydroxylation is 1. The third kappa shape index (κ3) is 4.51. The lowest BCUT2D eigenvalue weighted by molar-refractivity contribution is 0.0695. The van der Waals surface area contributed by atoms with Crippen molar-refractivity contribution in [2.24, 2.45) is 5.92 Å². The summed E-state index contributed by atoms with van der Waals surface area (Å²) in [5.74, 6) is 0.345.